The number of likely N-dealkylation sites (N-methyl/N-ethyl adjacent to an activating group) is 1. The average Bonchev–Trinajstić information content (AvgIpc) is 2.72. The molecule has 140 valence electrons. The second-order valence-electron chi connectivity index (χ2n) is 6.28. The first-order valence-electron chi connectivity index (χ1n) is 9.30. The number of amides is 1. The lowest BCUT2D eigenvalue weighted by molar-refractivity contribution is -0.127. The van der Waals surface area contributed by atoms with Crippen LogP contribution in [0.3, 0.4) is 0 Å². The highest BCUT2D eigenvalue weighted by Crippen LogP contribution is 2.21. The maximum absolute atomic E-state index is 12.7. The molecule has 4 heteroatoms. The first-order chi connectivity index (χ1) is 13.1. The molecule has 1 amide bonds. The van der Waals surface area contributed by atoms with Crippen molar-refractivity contribution in [2.24, 2.45) is 0 Å². The van der Waals surface area contributed by atoms with E-state index in [0.29, 0.717) is 18.7 Å². The van der Waals surface area contributed by atoms with Gasteiger partial charge in [0.15, 0.2) is 0 Å². The molecular weight excluding hydrogens is 336 g/mol. The summed E-state index contributed by atoms with van der Waals surface area (Å²) in [5, 5.41) is 8.92. The van der Waals surface area contributed by atoms with Crippen LogP contribution in [-0.4, -0.2) is 24.0 Å². The Labute approximate surface area is 161 Å². The van der Waals surface area contributed by atoms with E-state index in [-0.39, 0.29) is 11.9 Å². The number of nitriles is 1. The van der Waals surface area contributed by atoms with Crippen LogP contribution in [0.1, 0.15) is 49.9 Å². The van der Waals surface area contributed by atoms with Crippen molar-refractivity contribution in [1.29, 1.82) is 5.26 Å². The molecule has 4 nitrogen and oxygen atoms in total. The van der Waals surface area contributed by atoms with Crippen molar-refractivity contribution >= 4 is 12.0 Å². The normalized spacial score (nSPS) is 11.8. The van der Waals surface area contributed by atoms with E-state index in [4.69, 9.17) is 10.00 Å². The van der Waals surface area contributed by atoms with Gasteiger partial charge in [-0.1, -0.05) is 31.2 Å². The summed E-state index contributed by atoms with van der Waals surface area (Å²) < 4.78 is 5.57. The van der Waals surface area contributed by atoms with E-state index >= 15 is 0 Å². The molecule has 27 heavy (non-hydrogen) atoms. The Kier molecular flexibility index (Phi) is 7.63. The first kappa shape index (κ1) is 20.3. The van der Waals surface area contributed by atoms with Crippen molar-refractivity contribution in [2.75, 3.05) is 13.2 Å². The van der Waals surface area contributed by atoms with Crippen molar-refractivity contribution in [1.82, 2.24) is 4.90 Å². The number of carbonyl (C=O) groups is 1. The summed E-state index contributed by atoms with van der Waals surface area (Å²) in [6, 6.07) is 17.1. The minimum absolute atomic E-state index is 0.0410. The van der Waals surface area contributed by atoms with Crippen molar-refractivity contribution in [2.45, 2.75) is 33.2 Å². The van der Waals surface area contributed by atoms with Crippen LogP contribution < -0.4 is 4.74 Å². The smallest absolute Gasteiger partial charge is 0.247 e. The highest BCUT2D eigenvalue weighted by molar-refractivity contribution is 5.92. The highest BCUT2D eigenvalue weighted by Gasteiger charge is 2.17. The van der Waals surface area contributed by atoms with Crippen LogP contribution in [0.5, 0.6) is 5.75 Å². The van der Waals surface area contributed by atoms with Gasteiger partial charge in [0.25, 0.3) is 0 Å². The van der Waals surface area contributed by atoms with E-state index in [9.17, 15) is 4.79 Å². The Balaban J connectivity index is 2.04. The summed E-state index contributed by atoms with van der Waals surface area (Å²) in [6.45, 7) is 7.34. The topological polar surface area (TPSA) is 53.3 Å². The quantitative estimate of drug-likeness (QED) is 0.623. The number of ether oxygens (including phenoxy) is 1. The van der Waals surface area contributed by atoms with Gasteiger partial charge in [-0.2, -0.15) is 5.26 Å². The third-order valence-electron chi connectivity index (χ3n) is 4.38. The van der Waals surface area contributed by atoms with Gasteiger partial charge in [0.1, 0.15) is 5.75 Å². The number of carbonyl (C=O) groups excluding carboxylic acids is 1. The van der Waals surface area contributed by atoms with Crippen LogP contribution >= 0.6 is 0 Å². The monoisotopic (exact) mass is 362 g/mol. The van der Waals surface area contributed by atoms with Crippen LogP contribution in [0.25, 0.3) is 6.08 Å². The molecule has 2 aromatic rings. The van der Waals surface area contributed by atoms with E-state index in [2.05, 4.69) is 13.0 Å². The van der Waals surface area contributed by atoms with Gasteiger partial charge in [0, 0.05) is 12.6 Å². The molecule has 0 fully saturated rings. The zero-order chi connectivity index (χ0) is 19.6. The van der Waals surface area contributed by atoms with E-state index in [1.165, 1.54) is 0 Å². The molecule has 0 heterocycles. The summed E-state index contributed by atoms with van der Waals surface area (Å²) in [7, 11) is 0. The maximum Gasteiger partial charge on any atom is 0.247 e. The predicted molar refractivity (Wildman–Crippen MR) is 108 cm³/mol. The van der Waals surface area contributed by atoms with Crippen LogP contribution in [0.2, 0.25) is 0 Å². The van der Waals surface area contributed by atoms with Gasteiger partial charge in [-0.05, 0) is 61.7 Å². The Morgan fingerprint density at radius 1 is 1.15 bits per heavy atom. The SMILES string of the molecule is CCCOc1ccc(C=CC(=O)N(CC)C(C)c2ccc(C#N)cc2)cc1. The molecule has 0 saturated heterocycles. The number of hydrogen-bond donors (Lipinski definition) is 0. The molecule has 0 spiro atoms. The molecular formula is C23H26N2O2. The molecule has 0 saturated carbocycles. The zero-order valence-corrected chi connectivity index (χ0v) is 16.2. The molecule has 0 radical (unpaired) electrons. The van der Waals surface area contributed by atoms with Gasteiger partial charge in [0.2, 0.25) is 5.91 Å². The molecule has 1 atom stereocenters. The zero-order valence-electron chi connectivity index (χ0n) is 16.2. The van der Waals surface area contributed by atoms with Crippen molar-refractivity contribution in [3.63, 3.8) is 0 Å². The minimum atomic E-state index is -0.0651. The summed E-state index contributed by atoms with van der Waals surface area (Å²) >= 11 is 0. The second-order valence-corrected chi connectivity index (χ2v) is 6.28. The van der Waals surface area contributed by atoms with Gasteiger partial charge < -0.3 is 9.64 Å². The van der Waals surface area contributed by atoms with Gasteiger partial charge in [-0.15, -0.1) is 0 Å². The molecule has 0 N–H and O–H groups in total. The van der Waals surface area contributed by atoms with Gasteiger partial charge >= 0.3 is 0 Å². The van der Waals surface area contributed by atoms with E-state index in [1.54, 1.807) is 23.1 Å². The van der Waals surface area contributed by atoms with Crippen LogP contribution in [0.4, 0.5) is 0 Å². The Hall–Kier alpha value is -3.06. The number of nitrogens with zero attached hydrogens (tertiary/aromatic N) is 2. The lowest BCUT2D eigenvalue weighted by atomic mass is 10.0. The Morgan fingerprint density at radius 2 is 1.81 bits per heavy atom. The van der Waals surface area contributed by atoms with Crippen molar-refractivity contribution in [3.8, 4) is 11.8 Å². The second kappa shape index (κ2) is 10.2. The molecule has 2 rings (SSSR count). The predicted octanol–water partition coefficient (Wildman–Crippen LogP) is 4.97. The van der Waals surface area contributed by atoms with Crippen LogP contribution in [-0.2, 0) is 4.79 Å². The fourth-order valence-electron chi connectivity index (χ4n) is 2.80. The number of hydrogen-bond acceptors (Lipinski definition) is 3. The first-order valence-corrected chi connectivity index (χ1v) is 9.30. The molecule has 0 aliphatic heterocycles. The molecule has 0 aromatic heterocycles. The molecule has 0 bridgehead atoms. The van der Waals surface area contributed by atoms with Crippen LogP contribution in [0.15, 0.2) is 54.6 Å². The third kappa shape index (κ3) is 5.72. The largest absolute Gasteiger partial charge is 0.494 e. The third-order valence-corrected chi connectivity index (χ3v) is 4.38. The lowest BCUT2D eigenvalue weighted by Gasteiger charge is -2.27. The Morgan fingerprint density at radius 3 is 2.37 bits per heavy atom. The maximum atomic E-state index is 12.7. The van der Waals surface area contributed by atoms with Gasteiger partial charge in [0.05, 0.1) is 24.3 Å². The van der Waals surface area contributed by atoms with Gasteiger partial charge in [-0.3, -0.25) is 4.79 Å². The molecule has 2 aromatic carbocycles. The standard InChI is InChI=1S/C23H26N2O2/c1-4-16-27-22-13-8-19(9-14-22)10-15-23(26)25(5-2)18(3)21-11-6-20(17-24)7-12-21/h6-15,18H,4-5,16H2,1-3H3. The fraction of sp³-hybridized carbons (Fsp3) is 0.304. The summed E-state index contributed by atoms with van der Waals surface area (Å²) in [6.07, 6.45) is 4.39. The molecule has 0 aliphatic rings. The summed E-state index contributed by atoms with van der Waals surface area (Å²) in [4.78, 5) is 14.5. The highest BCUT2D eigenvalue weighted by atomic mass is 16.5. The molecule has 1 unspecified atom stereocenters. The summed E-state index contributed by atoms with van der Waals surface area (Å²) in [5.41, 5.74) is 2.58. The fourth-order valence-corrected chi connectivity index (χ4v) is 2.80. The lowest BCUT2D eigenvalue weighted by Crippen LogP contribution is -2.32. The van der Waals surface area contributed by atoms with Crippen LogP contribution in [0, 0.1) is 11.3 Å². The summed E-state index contributed by atoms with van der Waals surface area (Å²) in [5.74, 6) is 0.797. The molecule has 0 aliphatic carbocycles. The number of rotatable bonds is 8. The van der Waals surface area contributed by atoms with Crippen molar-refractivity contribution in [3.05, 3.63) is 71.3 Å². The minimum Gasteiger partial charge on any atom is -0.494 e. The van der Waals surface area contributed by atoms with Crippen molar-refractivity contribution < 1.29 is 9.53 Å². The Bertz CT molecular complexity index is 802. The van der Waals surface area contributed by atoms with Gasteiger partial charge in [-0.25, -0.2) is 0 Å². The van der Waals surface area contributed by atoms with E-state index in [0.717, 1.165) is 23.3 Å². The average molecular weight is 362 g/mol. The number of benzene rings is 2. The van der Waals surface area contributed by atoms with E-state index < -0.39 is 0 Å². The van der Waals surface area contributed by atoms with E-state index in [1.807, 2.05) is 56.3 Å².